The van der Waals surface area contributed by atoms with Crippen LogP contribution in [-0.4, -0.2) is 55.1 Å². The van der Waals surface area contributed by atoms with E-state index >= 15 is 0 Å². The summed E-state index contributed by atoms with van der Waals surface area (Å²) in [6.45, 7) is 7.54. The first-order valence-electron chi connectivity index (χ1n) is 12.7. The van der Waals surface area contributed by atoms with Crippen molar-refractivity contribution in [2.24, 2.45) is 0 Å². The predicted octanol–water partition coefficient (Wildman–Crippen LogP) is 4.49. The van der Waals surface area contributed by atoms with E-state index < -0.39 is 22.0 Å². The summed E-state index contributed by atoms with van der Waals surface area (Å²) in [4.78, 5) is 28.4. The summed E-state index contributed by atoms with van der Waals surface area (Å²) in [5.41, 5.74) is 1.92. The number of likely N-dealkylation sites (N-methyl/N-ethyl adjacent to an activating group) is 1. The zero-order valence-corrected chi connectivity index (χ0v) is 23.1. The highest BCUT2D eigenvalue weighted by atomic mass is 32.2. The lowest BCUT2D eigenvalue weighted by atomic mass is 10.1. The fraction of sp³-hybridized carbons (Fsp3) is 0.379. The van der Waals surface area contributed by atoms with Crippen molar-refractivity contribution in [2.45, 2.75) is 64.1 Å². The van der Waals surface area contributed by atoms with Gasteiger partial charge in [0.1, 0.15) is 6.04 Å². The van der Waals surface area contributed by atoms with E-state index in [2.05, 4.69) is 5.32 Å². The van der Waals surface area contributed by atoms with Gasteiger partial charge in [0.2, 0.25) is 21.8 Å². The van der Waals surface area contributed by atoms with Gasteiger partial charge in [-0.15, -0.1) is 0 Å². The molecule has 0 spiro atoms. The third kappa shape index (κ3) is 6.96. The number of nitrogens with one attached hydrogen (secondary N) is 1. The van der Waals surface area contributed by atoms with Crippen LogP contribution in [-0.2, 0) is 26.2 Å². The molecule has 0 heterocycles. The second-order valence-electron chi connectivity index (χ2n) is 9.52. The zero-order valence-electron chi connectivity index (χ0n) is 22.3. The summed E-state index contributed by atoms with van der Waals surface area (Å²) in [5, 5.41) is 4.71. The zero-order chi connectivity index (χ0) is 27.2. The third-order valence-electron chi connectivity index (χ3n) is 6.61. The molecule has 198 valence electrons. The molecular formula is C29H37N3O4S. The minimum Gasteiger partial charge on any atom is -0.352 e. The number of rotatable bonds is 11. The SMILES string of the molecule is CC[C@@H](C)NC(=O)[C@@H](CC)N(Cc1cccc(C)c1)C(=O)CN(C)S(=O)(=O)c1ccc2ccccc2c1. The molecule has 0 bridgehead atoms. The highest BCUT2D eigenvalue weighted by molar-refractivity contribution is 7.89. The van der Waals surface area contributed by atoms with Gasteiger partial charge in [0.25, 0.3) is 0 Å². The Morgan fingerprint density at radius 2 is 1.62 bits per heavy atom. The van der Waals surface area contributed by atoms with Crippen molar-refractivity contribution in [1.29, 1.82) is 0 Å². The van der Waals surface area contributed by atoms with Gasteiger partial charge in [-0.2, -0.15) is 4.31 Å². The highest BCUT2D eigenvalue weighted by Crippen LogP contribution is 2.22. The van der Waals surface area contributed by atoms with E-state index in [1.807, 2.05) is 76.2 Å². The van der Waals surface area contributed by atoms with Gasteiger partial charge in [-0.25, -0.2) is 8.42 Å². The van der Waals surface area contributed by atoms with Crippen LogP contribution in [0, 0.1) is 6.92 Å². The number of aryl methyl sites for hydroxylation is 1. The van der Waals surface area contributed by atoms with Gasteiger partial charge >= 0.3 is 0 Å². The number of fused-ring (bicyclic) bond motifs is 1. The maximum absolute atomic E-state index is 13.6. The van der Waals surface area contributed by atoms with Crippen LogP contribution < -0.4 is 5.32 Å². The van der Waals surface area contributed by atoms with E-state index in [9.17, 15) is 18.0 Å². The molecule has 3 rings (SSSR count). The average molecular weight is 524 g/mol. The summed E-state index contributed by atoms with van der Waals surface area (Å²) in [6, 6.07) is 19.4. The molecule has 0 unspecified atom stereocenters. The molecule has 0 fully saturated rings. The van der Waals surface area contributed by atoms with Crippen LogP contribution >= 0.6 is 0 Å². The van der Waals surface area contributed by atoms with E-state index in [4.69, 9.17) is 0 Å². The molecule has 0 aliphatic carbocycles. The minimum atomic E-state index is -3.93. The van der Waals surface area contributed by atoms with Gasteiger partial charge in [0.15, 0.2) is 0 Å². The lowest BCUT2D eigenvalue weighted by molar-refractivity contribution is -0.141. The Labute approximate surface area is 220 Å². The van der Waals surface area contributed by atoms with Crippen LogP contribution in [0.5, 0.6) is 0 Å². The molecular weight excluding hydrogens is 486 g/mol. The molecule has 0 radical (unpaired) electrons. The van der Waals surface area contributed by atoms with E-state index in [0.717, 1.165) is 32.6 Å². The molecule has 8 heteroatoms. The van der Waals surface area contributed by atoms with Crippen LogP contribution in [0.15, 0.2) is 71.6 Å². The number of benzene rings is 3. The van der Waals surface area contributed by atoms with Crippen molar-refractivity contribution < 1.29 is 18.0 Å². The lowest BCUT2D eigenvalue weighted by Gasteiger charge is -2.32. The molecule has 0 saturated carbocycles. The van der Waals surface area contributed by atoms with Gasteiger partial charge in [-0.05, 0) is 55.2 Å². The van der Waals surface area contributed by atoms with Gasteiger partial charge in [0, 0.05) is 19.6 Å². The van der Waals surface area contributed by atoms with Crippen molar-refractivity contribution in [2.75, 3.05) is 13.6 Å². The largest absolute Gasteiger partial charge is 0.352 e. The minimum absolute atomic E-state index is 0.0339. The molecule has 2 atom stereocenters. The Hall–Kier alpha value is -3.23. The smallest absolute Gasteiger partial charge is 0.243 e. The monoisotopic (exact) mass is 523 g/mol. The molecule has 0 aliphatic heterocycles. The highest BCUT2D eigenvalue weighted by Gasteiger charge is 2.32. The Morgan fingerprint density at radius 1 is 0.919 bits per heavy atom. The maximum atomic E-state index is 13.6. The van der Waals surface area contributed by atoms with Crippen molar-refractivity contribution in [3.8, 4) is 0 Å². The third-order valence-corrected chi connectivity index (χ3v) is 8.41. The van der Waals surface area contributed by atoms with Gasteiger partial charge < -0.3 is 10.2 Å². The molecule has 1 N–H and O–H groups in total. The Balaban J connectivity index is 1.88. The number of hydrogen-bond acceptors (Lipinski definition) is 4. The second-order valence-corrected chi connectivity index (χ2v) is 11.6. The number of carbonyl (C=O) groups is 2. The predicted molar refractivity (Wildman–Crippen MR) is 147 cm³/mol. The van der Waals surface area contributed by atoms with Gasteiger partial charge in [-0.3, -0.25) is 9.59 Å². The van der Waals surface area contributed by atoms with Crippen molar-refractivity contribution in [3.63, 3.8) is 0 Å². The van der Waals surface area contributed by atoms with Crippen LogP contribution in [0.4, 0.5) is 0 Å². The summed E-state index contributed by atoms with van der Waals surface area (Å²) in [7, 11) is -2.53. The summed E-state index contributed by atoms with van der Waals surface area (Å²) < 4.78 is 27.8. The summed E-state index contributed by atoms with van der Waals surface area (Å²) in [5.74, 6) is -0.669. The van der Waals surface area contributed by atoms with Crippen LogP contribution in [0.25, 0.3) is 10.8 Å². The van der Waals surface area contributed by atoms with Gasteiger partial charge in [0.05, 0.1) is 11.4 Å². The second kappa shape index (κ2) is 12.3. The number of sulfonamides is 1. The fourth-order valence-corrected chi connectivity index (χ4v) is 5.40. The summed E-state index contributed by atoms with van der Waals surface area (Å²) in [6.07, 6.45) is 1.17. The maximum Gasteiger partial charge on any atom is 0.243 e. The van der Waals surface area contributed by atoms with Crippen LogP contribution in [0.2, 0.25) is 0 Å². The normalized spacial score (nSPS) is 13.4. The van der Waals surface area contributed by atoms with Crippen molar-refractivity contribution in [1.82, 2.24) is 14.5 Å². The lowest BCUT2D eigenvalue weighted by Crippen LogP contribution is -2.53. The number of carbonyl (C=O) groups excluding carboxylic acids is 2. The Bertz CT molecular complexity index is 1360. The first-order chi connectivity index (χ1) is 17.6. The molecule has 3 aromatic carbocycles. The Morgan fingerprint density at radius 3 is 2.27 bits per heavy atom. The fourth-order valence-electron chi connectivity index (χ4n) is 4.24. The van der Waals surface area contributed by atoms with E-state index in [0.29, 0.717) is 6.42 Å². The molecule has 2 amide bonds. The number of amides is 2. The average Bonchev–Trinajstić information content (AvgIpc) is 2.88. The standard InChI is InChI=1S/C29H37N3O4S/c1-6-22(4)30-29(34)27(7-2)32(19-23-12-10-11-21(3)17-23)28(33)20-31(5)37(35,36)26-16-15-24-13-8-9-14-25(24)18-26/h8-18,22,27H,6-7,19-20H2,1-5H3,(H,30,34)/t22-,27-/m1/s1. The van der Waals surface area contributed by atoms with E-state index in [1.54, 1.807) is 18.2 Å². The molecule has 0 aliphatic rings. The van der Waals surface area contributed by atoms with E-state index in [-0.39, 0.29) is 29.9 Å². The number of hydrogen-bond donors (Lipinski definition) is 1. The summed E-state index contributed by atoms with van der Waals surface area (Å²) >= 11 is 0. The molecule has 37 heavy (non-hydrogen) atoms. The van der Waals surface area contributed by atoms with Gasteiger partial charge in [-0.1, -0.05) is 74.0 Å². The van der Waals surface area contributed by atoms with Crippen LogP contribution in [0.1, 0.15) is 44.7 Å². The molecule has 7 nitrogen and oxygen atoms in total. The Kier molecular flexibility index (Phi) is 9.45. The first kappa shape index (κ1) is 28.3. The molecule has 0 saturated heterocycles. The molecule has 0 aromatic heterocycles. The first-order valence-corrected chi connectivity index (χ1v) is 14.1. The molecule has 3 aromatic rings. The van der Waals surface area contributed by atoms with Crippen LogP contribution in [0.3, 0.4) is 0 Å². The topological polar surface area (TPSA) is 86.8 Å². The quantitative estimate of drug-likeness (QED) is 0.401. The number of nitrogens with zero attached hydrogens (tertiary/aromatic N) is 2. The van der Waals surface area contributed by atoms with Crippen molar-refractivity contribution >= 4 is 32.6 Å². The van der Waals surface area contributed by atoms with E-state index in [1.165, 1.54) is 11.9 Å². The van der Waals surface area contributed by atoms with Crippen molar-refractivity contribution in [3.05, 3.63) is 77.9 Å².